The van der Waals surface area contributed by atoms with Crippen molar-refractivity contribution in [3.8, 4) is 0 Å². The van der Waals surface area contributed by atoms with Crippen LogP contribution >= 0.6 is 0 Å². The van der Waals surface area contributed by atoms with E-state index in [1.165, 1.54) is 21.0 Å². The Kier molecular flexibility index (Phi) is 5.97. The largest absolute Gasteiger partial charge is 0.419 e. The van der Waals surface area contributed by atoms with Crippen molar-refractivity contribution in [3.63, 3.8) is 0 Å². The molecule has 9 heteroatoms. The highest BCUT2D eigenvalue weighted by Crippen LogP contribution is 2.24. The van der Waals surface area contributed by atoms with E-state index in [9.17, 15) is 18.0 Å². The number of rotatable bonds is 6. The number of fused-ring (bicyclic) bond motifs is 1. The van der Waals surface area contributed by atoms with Gasteiger partial charge >= 0.3 is 5.76 Å². The maximum atomic E-state index is 13.0. The van der Waals surface area contributed by atoms with E-state index in [4.69, 9.17) is 4.42 Å². The normalized spacial score (nSPS) is 15.9. The molecule has 8 nitrogen and oxygen atoms in total. The van der Waals surface area contributed by atoms with Gasteiger partial charge in [-0.1, -0.05) is 30.3 Å². The van der Waals surface area contributed by atoms with Gasteiger partial charge in [0.2, 0.25) is 15.9 Å². The molecule has 2 aromatic carbocycles. The molecular weight excluding hydrogens is 418 g/mol. The van der Waals surface area contributed by atoms with Crippen molar-refractivity contribution < 1.29 is 17.6 Å². The summed E-state index contributed by atoms with van der Waals surface area (Å²) < 4.78 is 33.9. The summed E-state index contributed by atoms with van der Waals surface area (Å²) in [5.41, 5.74) is 1.90. The molecule has 1 aliphatic rings. The Morgan fingerprint density at radius 2 is 1.84 bits per heavy atom. The van der Waals surface area contributed by atoms with Gasteiger partial charge in [0.1, 0.15) is 0 Å². The molecule has 3 aromatic rings. The van der Waals surface area contributed by atoms with Crippen molar-refractivity contribution in [3.05, 3.63) is 64.6 Å². The van der Waals surface area contributed by atoms with Crippen LogP contribution in [0.25, 0.3) is 11.1 Å². The Labute approximate surface area is 180 Å². The number of nitrogens with zero attached hydrogens (tertiary/aromatic N) is 2. The van der Waals surface area contributed by atoms with Gasteiger partial charge in [-0.15, -0.1) is 0 Å². The smallest absolute Gasteiger partial charge is 0.408 e. The van der Waals surface area contributed by atoms with Gasteiger partial charge in [-0.05, 0) is 37.0 Å². The molecular formula is C22H25N3O5S. The van der Waals surface area contributed by atoms with E-state index in [0.717, 1.165) is 5.56 Å². The standard InChI is InChI=1S/C22H25N3O5S/c1-24-19-9-8-18(15-20(19)30-22(24)27)31(28,29)25-13-11-17(12-14-25)23-21(26)10-7-16-5-3-2-4-6-16/h2-6,8-9,15,17H,7,10-14H2,1H3,(H,23,26). The summed E-state index contributed by atoms with van der Waals surface area (Å²) in [6, 6.07) is 14.3. The van der Waals surface area contributed by atoms with Crippen molar-refractivity contribution in [2.24, 2.45) is 7.05 Å². The molecule has 2 heterocycles. The number of hydrogen-bond acceptors (Lipinski definition) is 5. The lowest BCUT2D eigenvalue weighted by atomic mass is 10.1. The van der Waals surface area contributed by atoms with E-state index >= 15 is 0 Å². The molecule has 1 amide bonds. The molecule has 164 valence electrons. The van der Waals surface area contributed by atoms with Crippen LogP contribution in [-0.2, 0) is 28.3 Å². The lowest BCUT2D eigenvalue weighted by Crippen LogP contribution is -2.46. The molecule has 0 spiro atoms. The van der Waals surface area contributed by atoms with Gasteiger partial charge in [-0.25, -0.2) is 13.2 Å². The van der Waals surface area contributed by atoms with Crippen molar-refractivity contribution in [2.45, 2.75) is 36.6 Å². The van der Waals surface area contributed by atoms with Crippen LogP contribution < -0.4 is 11.1 Å². The summed E-state index contributed by atoms with van der Waals surface area (Å²) in [7, 11) is -2.14. The van der Waals surface area contributed by atoms with Gasteiger partial charge in [-0.2, -0.15) is 4.31 Å². The van der Waals surface area contributed by atoms with E-state index < -0.39 is 15.8 Å². The quantitative estimate of drug-likeness (QED) is 0.628. The first-order valence-electron chi connectivity index (χ1n) is 10.3. The van der Waals surface area contributed by atoms with Gasteiger partial charge in [0.15, 0.2) is 5.58 Å². The second kappa shape index (κ2) is 8.68. The second-order valence-corrected chi connectivity index (χ2v) is 9.73. The maximum Gasteiger partial charge on any atom is 0.419 e. The number of oxazole rings is 1. The van der Waals surface area contributed by atoms with Gasteiger partial charge < -0.3 is 9.73 Å². The molecule has 1 fully saturated rings. The van der Waals surface area contributed by atoms with E-state index in [1.54, 1.807) is 13.1 Å². The number of aromatic nitrogens is 1. The second-order valence-electron chi connectivity index (χ2n) is 7.79. The lowest BCUT2D eigenvalue weighted by Gasteiger charge is -2.31. The predicted octanol–water partition coefficient (Wildman–Crippen LogP) is 2.03. The SMILES string of the molecule is Cn1c(=O)oc2cc(S(=O)(=O)N3CCC(NC(=O)CCc4ccccc4)CC3)ccc21. The molecule has 1 saturated heterocycles. The molecule has 31 heavy (non-hydrogen) atoms. The fraction of sp³-hybridized carbons (Fsp3) is 0.364. The van der Waals surface area contributed by atoms with Gasteiger partial charge in [0.05, 0.1) is 10.4 Å². The Morgan fingerprint density at radius 3 is 2.55 bits per heavy atom. The monoisotopic (exact) mass is 443 g/mol. The third kappa shape index (κ3) is 4.57. The van der Waals surface area contributed by atoms with Crippen LogP contribution in [0.15, 0.2) is 62.6 Å². The minimum atomic E-state index is -3.71. The fourth-order valence-corrected chi connectivity index (χ4v) is 5.35. The van der Waals surface area contributed by atoms with Gasteiger partial charge in [0, 0.05) is 38.7 Å². The Morgan fingerprint density at radius 1 is 1.13 bits per heavy atom. The first kappa shape index (κ1) is 21.3. The van der Waals surface area contributed by atoms with Gasteiger partial charge in [0.25, 0.3) is 0 Å². The van der Waals surface area contributed by atoms with Crippen molar-refractivity contribution in [2.75, 3.05) is 13.1 Å². The summed E-state index contributed by atoms with van der Waals surface area (Å²) >= 11 is 0. The zero-order chi connectivity index (χ0) is 22.0. The third-order valence-corrected chi connectivity index (χ3v) is 7.60. The van der Waals surface area contributed by atoms with E-state index in [-0.39, 0.29) is 22.4 Å². The van der Waals surface area contributed by atoms with Crippen LogP contribution in [0.2, 0.25) is 0 Å². The number of nitrogens with one attached hydrogen (secondary N) is 1. The highest BCUT2D eigenvalue weighted by molar-refractivity contribution is 7.89. The lowest BCUT2D eigenvalue weighted by molar-refractivity contribution is -0.122. The van der Waals surface area contributed by atoms with E-state index in [1.807, 2.05) is 30.3 Å². The van der Waals surface area contributed by atoms with Crippen LogP contribution in [0.4, 0.5) is 0 Å². The molecule has 0 unspecified atom stereocenters. The zero-order valence-corrected chi connectivity index (χ0v) is 18.1. The van der Waals surface area contributed by atoms with Crippen LogP contribution in [-0.4, -0.2) is 42.3 Å². The summed E-state index contributed by atoms with van der Waals surface area (Å²) in [6.07, 6.45) is 2.20. The maximum absolute atomic E-state index is 13.0. The molecule has 1 N–H and O–H groups in total. The number of aryl methyl sites for hydroxylation is 2. The van der Waals surface area contributed by atoms with Gasteiger partial charge in [-0.3, -0.25) is 9.36 Å². The van der Waals surface area contributed by atoms with Crippen molar-refractivity contribution in [1.29, 1.82) is 0 Å². The molecule has 4 rings (SSSR count). The summed E-state index contributed by atoms with van der Waals surface area (Å²) in [4.78, 5) is 24.0. The Hall–Kier alpha value is -2.91. The Balaban J connectivity index is 1.34. The first-order chi connectivity index (χ1) is 14.8. The molecule has 0 atom stereocenters. The van der Waals surface area contributed by atoms with Crippen LogP contribution in [0.5, 0.6) is 0 Å². The van der Waals surface area contributed by atoms with Crippen molar-refractivity contribution in [1.82, 2.24) is 14.2 Å². The minimum Gasteiger partial charge on any atom is -0.408 e. The molecule has 1 aromatic heterocycles. The number of carbonyl (C=O) groups excluding carboxylic acids is 1. The summed E-state index contributed by atoms with van der Waals surface area (Å²) in [5, 5.41) is 3.02. The number of carbonyl (C=O) groups is 1. The van der Waals surface area contributed by atoms with Crippen LogP contribution in [0, 0.1) is 0 Å². The molecule has 0 saturated carbocycles. The molecule has 1 aliphatic heterocycles. The number of benzene rings is 2. The Bertz CT molecular complexity index is 1240. The third-order valence-electron chi connectivity index (χ3n) is 5.70. The number of piperidine rings is 1. The van der Waals surface area contributed by atoms with Crippen LogP contribution in [0.3, 0.4) is 0 Å². The zero-order valence-electron chi connectivity index (χ0n) is 17.3. The topological polar surface area (TPSA) is 102 Å². The van der Waals surface area contributed by atoms with Crippen molar-refractivity contribution >= 4 is 27.0 Å². The summed E-state index contributed by atoms with van der Waals surface area (Å²) in [6.45, 7) is 0.644. The first-order valence-corrected chi connectivity index (χ1v) is 11.7. The highest BCUT2D eigenvalue weighted by Gasteiger charge is 2.30. The average molecular weight is 444 g/mol. The number of hydrogen-bond donors (Lipinski definition) is 1. The molecule has 0 radical (unpaired) electrons. The van der Waals surface area contributed by atoms with Crippen LogP contribution in [0.1, 0.15) is 24.8 Å². The number of amides is 1. The minimum absolute atomic E-state index is 0.0188. The molecule has 0 bridgehead atoms. The fourth-order valence-electron chi connectivity index (χ4n) is 3.87. The predicted molar refractivity (Wildman–Crippen MR) is 116 cm³/mol. The summed E-state index contributed by atoms with van der Waals surface area (Å²) in [5.74, 6) is -0.553. The highest BCUT2D eigenvalue weighted by atomic mass is 32.2. The number of sulfonamides is 1. The molecule has 0 aliphatic carbocycles. The van der Waals surface area contributed by atoms with E-state index in [0.29, 0.717) is 44.3 Å². The average Bonchev–Trinajstić information content (AvgIpc) is 3.06. The van der Waals surface area contributed by atoms with E-state index in [2.05, 4.69) is 5.32 Å².